The molecule has 20 heavy (non-hydrogen) atoms. The van der Waals surface area contributed by atoms with E-state index in [0.717, 1.165) is 11.6 Å². The van der Waals surface area contributed by atoms with Gasteiger partial charge in [-0.15, -0.1) is 0 Å². The molecule has 0 saturated heterocycles. The van der Waals surface area contributed by atoms with E-state index >= 15 is 0 Å². The number of anilines is 1. The predicted octanol–water partition coefficient (Wildman–Crippen LogP) is 2.51. The van der Waals surface area contributed by atoms with E-state index in [1.165, 1.54) is 6.07 Å². The summed E-state index contributed by atoms with van der Waals surface area (Å²) >= 11 is 0. The number of nitrogen functional groups attached to an aromatic ring is 1. The molecule has 0 amide bonds. The fourth-order valence-electron chi connectivity index (χ4n) is 2.42. The Hall–Kier alpha value is -2.14. The standard InChI is InChI=1S/C15H13F2NO2/c16-12-6-13(17)14(18)5-11(12)10-3-1-2-8-4-9(7-19)20-15(8)10/h1-3,5-6,9,19H,4,7,18H2. The van der Waals surface area contributed by atoms with Gasteiger partial charge in [-0.05, 0) is 11.6 Å². The lowest BCUT2D eigenvalue weighted by molar-refractivity contribution is 0.135. The number of benzene rings is 2. The van der Waals surface area contributed by atoms with Crippen LogP contribution < -0.4 is 10.5 Å². The van der Waals surface area contributed by atoms with E-state index in [1.807, 2.05) is 6.07 Å². The van der Waals surface area contributed by atoms with Crippen molar-refractivity contribution < 1.29 is 18.6 Å². The Morgan fingerprint density at radius 2 is 2.00 bits per heavy atom. The van der Waals surface area contributed by atoms with Crippen LogP contribution in [-0.4, -0.2) is 17.8 Å². The van der Waals surface area contributed by atoms with Gasteiger partial charge >= 0.3 is 0 Å². The second-order valence-electron chi connectivity index (χ2n) is 4.77. The maximum Gasteiger partial charge on any atom is 0.149 e. The molecule has 0 aromatic heterocycles. The van der Waals surface area contributed by atoms with Crippen molar-refractivity contribution in [3.63, 3.8) is 0 Å². The molecule has 2 aromatic rings. The molecule has 1 aliphatic heterocycles. The van der Waals surface area contributed by atoms with Gasteiger partial charge in [0.25, 0.3) is 0 Å². The molecule has 5 heteroatoms. The number of hydrogen-bond donors (Lipinski definition) is 2. The lowest BCUT2D eigenvalue weighted by atomic mass is 9.99. The highest BCUT2D eigenvalue weighted by Crippen LogP contribution is 2.40. The average Bonchev–Trinajstić information content (AvgIpc) is 2.86. The fourth-order valence-corrected chi connectivity index (χ4v) is 2.42. The van der Waals surface area contributed by atoms with E-state index in [-0.39, 0.29) is 24.0 Å². The molecule has 3 nitrogen and oxygen atoms in total. The van der Waals surface area contributed by atoms with Crippen molar-refractivity contribution in [1.82, 2.24) is 0 Å². The highest BCUT2D eigenvalue weighted by atomic mass is 19.1. The number of para-hydroxylation sites is 1. The van der Waals surface area contributed by atoms with Gasteiger partial charge < -0.3 is 15.6 Å². The quantitative estimate of drug-likeness (QED) is 0.829. The molecule has 1 atom stereocenters. The van der Waals surface area contributed by atoms with E-state index < -0.39 is 11.6 Å². The van der Waals surface area contributed by atoms with Crippen LogP contribution >= 0.6 is 0 Å². The van der Waals surface area contributed by atoms with Gasteiger partial charge in [0.2, 0.25) is 0 Å². The Balaban J connectivity index is 2.14. The third kappa shape index (κ3) is 2.00. The molecule has 3 rings (SSSR count). The van der Waals surface area contributed by atoms with Crippen LogP contribution in [0.4, 0.5) is 14.5 Å². The maximum absolute atomic E-state index is 14.0. The molecule has 0 bridgehead atoms. The van der Waals surface area contributed by atoms with Crippen LogP contribution in [0.2, 0.25) is 0 Å². The molecular weight excluding hydrogens is 264 g/mol. The van der Waals surface area contributed by atoms with Crippen molar-refractivity contribution in [1.29, 1.82) is 0 Å². The molecule has 104 valence electrons. The number of rotatable bonds is 2. The topological polar surface area (TPSA) is 55.5 Å². The first-order valence-corrected chi connectivity index (χ1v) is 6.24. The molecule has 1 unspecified atom stereocenters. The fraction of sp³-hybridized carbons (Fsp3) is 0.200. The van der Waals surface area contributed by atoms with Crippen molar-refractivity contribution in [2.45, 2.75) is 12.5 Å². The van der Waals surface area contributed by atoms with Crippen LogP contribution in [0.3, 0.4) is 0 Å². The van der Waals surface area contributed by atoms with Crippen LogP contribution in [0.5, 0.6) is 5.75 Å². The third-order valence-corrected chi connectivity index (χ3v) is 3.41. The monoisotopic (exact) mass is 277 g/mol. The van der Waals surface area contributed by atoms with Crippen molar-refractivity contribution in [3.8, 4) is 16.9 Å². The first-order chi connectivity index (χ1) is 9.60. The first-order valence-electron chi connectivity index (χ1n) is 6.24. The molecule has 0 fully saturated rings. The van der Waals surface area contributed by atoms with Gasteiger partial charge in [-0.1, -0.05) is 18.2 Å². The minimum absolute atomic E-state index is 0.109. The number of fused-ring (bicyclic) bond motifs is 1. The number of aliphatic hydroxyl groups is 1. The molecular formula is C15H13F2NO2. The Labute approximate surface area is 114 Å². The van der Waals surface area contributed by atoms with E-state index in [9.17, 15) is 8.78 Å². The summed E-state index contributed by atoms with van der Waals surface area (Å²) in [5, 5.41) is 9.17. The van der Waals surface area contributed by atoms with Gasteiger partial charge in [-0.2, -0.15) is 0 Å². The molecule has 0 aliphatic carbocycles. The highest BCUT2D eigenvalue weighted by molar-refractivity contribution is 5.75. The molecule has 0 saturated carbocycles. The Bertz CT molecular complexity index is 673. The third-order valence-electron chi connectivity index (χ3n) is 3.41. The molecule has 2 aromatic carbocycles. The Morgan fingerprint density at radius 1 is 1.20 bits per heavy atom. The predicted molar refractivity (Wildman–Crippen MR) is 71.4 cm³/mol. The van der Waals surface area contributed by atoms with Gasteiger partial charge in [-0.25, -0.2) is 8.78 Å². The number of ether oxygens (including phenoxy) is 1. The molecule has 3 N–H and O–H groups in total. The second-order valence-corrected chi connectivity index (χ2v) is 4.77. The van der Waals surface area contributed by atoms with Crippen molar-refractivity contribution in [3.05, 3.63) is 47.5 Å². The summed E-state index contributed by atoms with van der Waals surface area (Å²) < 4.78 is 32.8. The van der Waals surface area contributed by atoms with E-state index in [0.29, 0.717) is 17.7 Å². The smallest absolute Gasteiger partial charge is 0.149 e. The van der Waals surface area contributed by atoms with Crippen LogP contribution in [-0.2, 0) is 6.42 Å². The van der Waals surface area contributed by atoms with E-state index in [4.69, 9.17) is 15.6 Å². The minimum atomic E-state index is -0.784. The zero-order chi connectivity index (χ0) is 14.3. The summed E-state index contributed by atoms with van der Waals surface area (Å²) in [4.78, 5) is 0. The molecule has 0 spiro atoms. The molecule has 1 aliphatic rings. The van der Waals surface area contributed by atoms with Crippen molar-refractivity contribution in [2.24, 2.45) is 0 Å². The van der Waals surface area contributed by atoms with Crippen LogP contribution in [0, 0.1) is 11.6 Å². The lowest BCUT2D eigenvalue weighted by Crippen LogP contribution is -2.17. The van der Waals surface area contributed by atoms with Crippen LogP contribution in [0.15, 0.2) is 30.3 Å². The SMILES string of the molecule is Nc1cc(-c2cccc3c2OC(CO)C3)c(F)cc1F. The second kappa shape index (κ2) is 4.76. The normalized spacial score (nSPS) is 16.9. The number of nitrogens with two attached hydrogens (primary N) is 1. The highest BCUT2D eigenvalue weighted by Gasteiger charge is 2.26. The summed E-state index contributed by atoms with van der Waals surface area (Å²) in [7, 11) is 0. The van der Waals surface area contributed by atoms with Gasteiger partial charge in [0, 0.05) is 23.6 Å². The van der Waals surface area contributed by atoms with Gasteiger partial charge in [-0.3, -0.25) is 0 Å². The van der Waals surface area contributed by atoms with Gasteiger partial charge in [0.05, 0.1) is 12.3 Å². The summed E-state index contributed by atoms with van der Waals surface area (Å²) in [5.41, 5.74) is 6.99. The zero-order valence-electron chi connectivity index (χ0n) is 10.6. The number of hydrogen-bond acceptors (Lipinski definition) is 3. The zero-order valence-corrected chi connectivity index (χ0v) is 10.6. The van der Waals surface area contributed by atoms with E-state index in [2.05, 4.69) is 0 Å². The number of aliphatic hydroxyl groups excluding tert-OH is 1. The van der Waals surface area contributed by atoms with Crippen LogP contribution in [0.25, 0.3) is 11.1 Å². The Kier molecular flexibility index (Phi) is 3.06. The summed E-state index contributed by atoms with van der Waals surface area (Å²) in [6, 6.07) is 7.35. The molecule has 1 heterocycles. The first kappa shape index (κ1) is 12.9. The van der Waals surface area contributed by atoms with Crippen molar-refractivity contribution >= 4 is 5.69 Å². The van der Waals surface area contributed by atoms with E-state index in [1.54, 1.807) is 12.1 Å². The number of halogens is 2. The molecule has 0 radical (unpaired) electrons. The summed E-state index contributed by atoms with van der Waals surface area (Å²) in [6.45, 7) is -0.109. The van der Waals surface area contributed by atoms with Crippen molar-refractivity contribution in [2.75, 3.05) is 12.3 Å². The summed E-state index contributed by atoms with van der Waals surface area (Å²) in [5.74, 6) is -0.953. The minimum Gasteiger partial charge on any atom is -0.487 e. The summed E-state index contributed by atoms with van der Waals surface area (Å²) in [6.07, 6.45) is 0.241. The largest absolute Gasteiger partial charge is 0.487 e. The van der Waals surface area contributed by atoms with Crippen LogP contribution in [0.1, 0.15) is 5.56 Å². The maximum atomic E-state index is 14.0. The van der Waals surface area contributed by atoms with Gasteiger partial charge in [0.1, 0.15) is 23.5 Å². The average molecular weight is 277 g/mol. The Morgan fingerprint density at radius 3 is 2.75 bits per heavy atom. The van der Waals surface area contributed by atoms with Gasteiger partial charge in [0.15, 0.2) is 0 Å². The lowest BCUT2D eigenvalue weighted by Gasteiger charge is -2.12.